The van der Waals surface area contributed by atoms with Crippen molar-refractivity contribution in [1.29, 1.82) is 0 Å². The smallest absolute Gasteiger partial charge is 0.320 e. The summed E-state index contributed by atoms with van der Waals surface area (Å²) in [4.78, 5) is 16.1. The molecular formula is C45H62N8O2Si. The van der Waals surface area contributed by atoms with Crippen LogP contribution < -0.4 is 20.3 Å². The molecule has 3 aromatic heterocycles. The van der Waals surface area contributed by atoms with Crippen molar-refractivity contribution in [2.24, 2.45) is 5.92 Å². The fourth-order valence-corrected chi connectivity index (χ4v) is 16.5. The number of hydrogen-bond donors (Lipinski definition) is 2. The number of ether oxygens (including phenoxy) is 1. The highest BCUT2D eigenvalue weighted by atomic mass is 28.3. The highest BCUT2D eigenvalue weighted by Crippen LogP contribution is 2.48. The molecule has 298 valence electrons. The first-order valence-electron chi connectivity index (χ1n) is 20.7. The second-order valence-electron chi connectivity index (χ2n) is 18.4. The van der Waals surface area contributed by atoms with Crippen LogP contribution in [0.5, 0.6) is 5.75 Å². The quantitative estimate of drug-likeness (QED) is 0.130. The summed E-state index contributed by atoms with van der Waals surface area (Å²) in [5.41, 5.74) is 8.06. The van der Waals surface area contributed by atoms with Crippen molar-refractivity contribution in [3.63, 3.8) is 0 Å². The van der Waals surface area contributed by atoms with Gasteiger partial charge in [0.05, 0.1) is 31.7 Å². The zero-order valence-electron chi connectivity index (χ0n) is 35.1. The Morgan fingerprint density at radius 1 is 0.893 bits per heavy atom. The van der Waals surface area contributed by atoms with Crippen LogP contribution in [0, 0.1) is 12.8 Å². The van der Waals surface area contributed by atoms with E-state index < -0.39 is 8.07 Å². The molecule has 0 saturated carbocycles. The van der Waals surface area contributed by atoms with Crippen LogP contribution in [0.2, 0.25) is 22.7 Å². The van der Waals surface area contributed by atoms with E-state index in [1.54, 1.807) is 0 Å². The van der Waals surface area contributed by atoms with Gasteiger partial charge in [-0.1, -0.05) is 127 Å². The molecule has 5 aromatic rings. The Labute approximate surface area is 334 Å². The average Bonchev–Trinajstić information content (AvgIpc) is 3.90. The molecule has 0 bridgehead atoms. The molecule has 0 unspecified atom stereocenters. The first kappa shape index (κ1) is 39.6. The number of carbonyl (C=O) groups excluding carboxylic acids is 1. The molecule has 1 saturated heterocycles. The van der Waals surface area contributed by atoms with Crippen LogP contribution >= 0.6 is 0 Å². The number of aryl methyl sites for hydroxylation is 1. The minimum atomic E-state index is -1.50. The summed E-state index contributed by atoms with van der Waals surface area (Å²) in [6.45, 7) is 25.3. The van der Waals surface area contributed by atoms with Gasteiger partial charge in [0.25, 0.3) is 0 Å². The van der Waals surface area contributed by atoms with Crippen molar-refractivity contribution in [1.82, 2.24) is 29.7 Å². The molecule has 1 aliphatic heterocycles. The first-order valence-corrected chi connectivity index (χ1v) is 23.2. The van der Waals surface area contributed by atoms with Crippen LogP contribution in [-0.4, -0.2) is 51.6 Å². The number of rotatable bonds is 11. The van der Waals surface area contributed by atoms with Crippen LogP contribution in [0.1, 0.15) is 116 Å². The Hall–Kier alpha value is -4.64. The number of nitrogens with zero attached hydrogens (tertiary/aromatic N) is 6. The summed E-state index contributed by atoms with van der Waals surface area (Å²) in [6, 6.07) is 23.4. The van der Waals surface area contributed by atoms with Gasteiger partial charge in [-0.15, -0.1) is 10.2 Å². The lowest BCUT2D eigenvalue weighted by atomic mass is 9.85. The third-order valence-corrected chi connectivity index (χ3v) is 20.5. The van der Waals surface area contributed by atoms with E-state index in [1.165, 1.54) is 18.0 Å². The molecule has 1 aliphatic carbocycles. The normalized spacial score (nSPS) is 18.9. The maximum atomic E-state index is 13.7. The molecule has 2 amide bonds. The van der Waals surface area contributed by atoms with Crippen LogP contribution in [0.15, 0.2) is 72.9 Å². The Bertz CT molecular complexity index is 2130. The molecule has 11 heteroatoms. The Morgan fingerprint density at radius 3 is 2.27 bits per heavy atom. The summed E-state index contributed by atoms with van der Waals surface area (Å²) >= 11 is 0. The van der Waals surface area contributed by atoms with Gasteiger partial charge < -0.3 is 15.0 Å². The lowest BCUT2D eigenvalue weighted by molar-refractivity contribution is 0.171. The van der Waals surface area contributed by atoms with Crippen molar-refractivity contribution >= 4 is 31.5 Å². The summed E-state index contributed by atoms with van der Waals surface area (Å²) < 4.78 is 10.7. The molecule has 56 heavy (non-hydrogen) atoms. The summed E-state index contributed by atoms with van der Waals surface area (Å²) in [7, 11) is -1.50. The van der Waals surface area contributed by atoms with E-state index in [2.05, 4.69) is 130 Å². The van der Waals surface area contributed by atoms with E-state index in [0.717, 1.165) is 82.4 Å². The predicted molar refractivity (Wildman–Crippen MR) is 230 cm³/mol. The predicted octanol–water partition coefficient (Wildman–Crippen LogP) is 10.8. The Balaban J connectivity index is 1.05. The minimum Gasteiger partial charge on any atom is -0.484 e. The number of anilines is 2. The van der Waals surface area contributed by atoms with Crippen LogP contribution in [0.3, 0.4) is 0 Å². The van der Waals surface area contributed by atoms with Crippen LogP contribution in [-0.2, 0) is 5.41 Å². The summed E-state index contributed by atoms with van der Waals surface area (Å²) in [5, 5.41) is 20.5. The molecular weight excluding hydrogens is 713 g/mol. The fourth-order valence-electron chi connectivity index (χ4n) is 9.75. The van der Waals surface area contributed by atoms with Gasteiger partial charge in [0.1, 0.15) is 17.7 Å². The maximum Gasteiger partial charge on any atom is 0.320 e. The number of urea groups is 1. The summed E-state index contributed by atoms with van der Waals surface area (Å²) in [5.74, 6) is 2.99. The molecule has 0 radical (unpaired) electrons. The van der Waals surface area contributed by atoms with Gasteiger partial charge in [-0.3, -0.25) is 9.72 Å². The molecule has 2 aromatic carbocycles. The molecule has 0 spiro atoms. The van der Waals surface area contributed by atoms with Crippen molar-refractivity contribution in [3.05, 3.63) is 95.3 Å². The minimum absolute atomic E-state index is 0.153. The van der Waals surface area contributed by atoms with Crippen molar-refractivity contribution in [3.8, 4) is 11.4 Å². The van der Waals surface area contributed by atoms with Gasteiger partial charge in [0.15, 0.2) is 5.65 Å². The van der Waals surface area contributed by atoms with Crippen molar-refractivity contribution in [2.45, 2.75) is 129 Å². The van der Waals surface area contributed by atoms with E-state index in [9.17, 15) is 4.79 Å². The zero-order chi connectivity index (χ0) is 39.9. The number of carbonyl (C=O) groups is 1. The molecule has 2 aliphatic rings. The molecule has 2 N–H and O–H groups in total. The van der Waals surface area contributed by atoms with E-state index in [0.29, 0.717) is 11.7 Å². The van der Waals surface area contributed by atoms with Crippen molar-refractivity contribution < 1.29 is 9.53 Å². The number of benzene rings is 2. The third kappa shape index (κ3) is 7.84. The van der Waals surface area contributed by atoms with E-state index >= 15 is 0 Å². The topological polar surface area (TPSA) is 102 Å². The molecule has 10 nitrogen and oxygen atoms in total. The average molecular weight is 775 g/mol. The van der Waals surface area contributed by atoms with Gasteiger partial charge in [0, 0.05) is 24.6 Å². The molecule has 7 rings (SSSR count). The van der Waals surface area contributed by atoms with E-state index in [4.69, 9.17) is 9.84 Å². The van der Waals surface area contributed by atoms with Gasteiger partial charge in [0.2, 0.25) is 5.95 Å². The van der Waals surface area contributed by atoms with Gasteiger partial charge >= 0.3 is 6.03 Å². The number of nitrogens with one attached hydrogen (secondary N) is 2. The van der Waals surface area contributed by atoms with Crippen LogP contribution in [0.25, 0.3) is 11.3 Å². The monoisotopic (exact) mass is 774 g/mol. The molecule has 4 heterocycles. The summed E-state index contributed by atoms with van der Waals surface area (Å²) in [6.07, 6.45) is 4.59. The third-order valence-electron chi connectivity index (χ3n) is 12.8. The lowest BCUT2D eigenvalue weighted by Crippen LogP contribution is -2.46. The van der Waals surface area contributed by atoms with Gasteiger partial charge in [-0.25, -0.2) is 9.48 Å². The first-order chi connectivity index (χ1) is 26.6. The van der Waals surface area contributed by atoms with Crippen molar-refractivity contribution in [2.75, 3.05) is 23.3 Å². The Morgan fingerprint density at radius 2 is 1.59 bits per heavy atom. The largest absolute Gasteiger partial charge is 0.484 e. The number of hydrogen-bond acceptors (Lipinski definition) is 6. The van der Waals surface area contributed by atoms with Gasteiger partial charge in [-0.05, 0) is 67.5 Å². The number of amides is 2. The van der Waals surface area contributed by atoms with E-state index in [-0.39, 0.29) is 23.6 Å². The molecule has 3 atom stereocenters. The highest BCUT2D eigenvalue weighted by Gasteiger charge is 2.45. The van der Waals surface area contributed by atoms with Crippen LogP contribution in [0.4, 0.5) is 16.6 Å². The zero-order valence-corrected chi connectivity index (χ0v) is 36.1. The highest BCUT2D eigenvalue weighted by molar-refractivity contribution is 6.83. The standard InChI is InChI=1S/C45H62N8O2Si/c1-29(2)56(30(3)4,31(5)6)28-33-23-24-51(26-33)44-49-48-41-22-19-35(27-52(41)44)55-39-21-20-38(36-13-11-12-14-37(36)39)46-43(54)47-42-25-40(45(8,9)10)50-53(42)34-17-15-32(7)16-18-34/h11-19,22,25,27,29-31,33,38-39H,20-21,23-24,26,28H2,1-10H3,(H2,46,47,54)/t33-,38+,39-/m1/s1. The van der Waals surface area contributed by atoms with E-state index in [1.807, 2.05) is 47.1 Å². The SMILES string of the molecule is Cc1ccc(-n2nc(C(C)(C)C)cc2NC(=O)N[C@H]2CC[C@@H](Oc3ccc4nnc(N5CC[C@@H](C[Si](C(C)C)(C(C)C)C(C)C)C5)n4c3)c3ccccc32)cc1. The second kappa shape index (κ2) is 15.7. The maximum absolute atomic E-state index is 13.7. The second-order valence-corrected chi connectivity index (χ2v) is 24.4. The number of fused-ring (bicyclic) bond motifs is 2. The van der Waals surface area contributed by atoms with Gasteiger partial charge in [-0.2, -0.15) is 5.10 Å². The Kier molecular flexibility index (Phi) is 11.1. The fraction of sp³-hybridized carbons (Fsp3) is 0.511. The molecule has 1 fully saturated rings. The lowest BCUT2D eigenvalue weighted by Gasteiger charge is -2.45. The number of aromatic nitrogens is 5. The number of pyridine rings is 1.